The molecule has 1 saturated heterocycles. The van der Waals surface area contributed by atoms with Gasteiger partial charge in [-0.1, -0.05) is 30.7 Å². The summed E-state index contributed by atoms with van der Waals surface area (Å²) in [5.41, 5.74) is 0.0336. The molecule has 28 heavy (non-hydrogen) atoms. The lowest BCUT2D eigenvalue weighted by atomic mass is 9.94. The van der Waals surface area contributed by atoms with E-state index < -0.39 is 17.8 Å². The molecular formula is C21H23F3N2O2. The number of alkyl halides is 3. The molecule has 4 nitrogen and oxygen atoms in total. The lowest BCUT2D eigenvalue weighted by Gasteiger charge is -2.26. The molecule has 0 aromatic heterocycles. The summed E-state index contributed by atoms with van der Waals surface area (Å²) >= 11 is 0. The second kappa shape index (κ2) is 8.54. The van der Waals surface area contributed by atoms with Crippen molar-refractivity contribution in [2.75, 3.05) is 25.5 Å². The van der Waals surface area contributed by atoms with E-state index in [4.69, 9.17) is 4.74 Å². The summed E-state index contributed by atoms with van der Waals surface area (Å²) in [6, 6.07) is 12.2. The predicted molar refractivity (Wildman–Crippen MR) is 102 cm³/mol. The maximum Gasteiger partial charge on any atom is 0.418 e. The first-order valence-electron chi connectivity index (χ1n) is 9.24. The van der Waals surface area contributed by atoms with E-state index in [0.29, 0.717) is 13.1 Å². The van der Waals surface area contributed by atoms with Crippen LogP contribution in [0.15, 0.2) is 48.5 Å². The number of carbonyl (C=O) groups is 1. The number of methoxy groups -OCH3 is 1. The average molecular weight is 392 g/mol. The van der Waals surface area contributed by atoms with E-state index in [9.17, 15) is 18.0 Å². The van der Waals surface area contributed by atoms with Gasteiger partial charge in [0.1, 0.15) is 5.75 Å². The number of likely N-dealkylation sites (tertiary alicyclic amines) is 1. The zero-order valence-corrected chi connectivity index (χ0v) is 15.6. The van der Waals surface area contributed by atoms with Gasteiger partial charge in [-0.3, -0.25) is 0 Å². The third kappa shape index (κ3) is 4.77. The number of ether oxygens (including phenoxy) is 1. The summed E-state index contributed by atoms with van der Waals surface area (Å²) in [6.07, 6.45) is -1.82. The number of halogens is 3. The van der Waals surface area contributed by atoms with E-state index in [-0.39, 0.29) is 11.6 Å². The second-order valence-corrected chi connectivity index (χ2v) is 6.89. The molecule has 0 spiro atoms. The Balaban J connectivity index is 1.74. The van der Waals surface area contributed by atoms with Crippen molar-refractivity contribution in [2.24, 2.45) is 0 Å². The van der Waals surface area contributed by atoms with Crippen LogP contribution in [0, 0.1) is 0 Å². The van der Waals surface area contributed by atoms with Crippen LogP contribution in [0.3, 0.4) is 0 Å². The van der Waals surface area contributed by atoms with Crippen molar-refractivity contribution in [1.29, 1.82) is 0 Å². The predicted octanol–water partition coefficient (Wildman–Crippen LogP) is 5.52. The molecule has 150 valence electrons. The molecule has 0 unspecified atom stereocenters. The minimum Gasteiger partial charge on any atom is -0.497 e. The van der Waals surface area contributed by atoms with Gasteiger partial charge in [0.15, 0.2) is 0 Å². The molecule has 1 atom stereocenters. The summed E-state index contributed by atoms with van der Waals surface area (Å²) in [5.74, 6) is 0.896. The Labute approximate surface area is 162 Å². The highest BCUT2D eigenvalue weighted by molar-refractivity contribution is 5.90. The molecule has 1 aliphatic rings. The summed E-state index contributed by atoms with van der Waals surface area (Å²) < 4.78 is 44.7. The SMILES string of the molecule is COc1ccc([C@@H]2CCCCN(C(=O)Nc3ccccc3C(F)(F)F)C2)cc1. The lowest BCUT2D eigenvalue weighted by Crippen LogP contribution is -2.37. The maximum atomic E-state index is 13.2. The topological polar surface area (TPSA) is 41.6 Å². The number of benzene rings is 2. The zero-order chi connectivity index (χ0) is 20.1. The summed E-state index contributed by atoms with van der Waals surface area (Å²) in [4.78, 5) is 14.3. The number of urea groups is 1. The Morgan fingerprint density at radius 2 is 1.82 bits per heavy atom. The fraction of sp³-hybridized carbons (Fsp3) is 0.381. The van der Waals surface area contributed by atoms with Crippen LogP contribution in [-0.2, 0) is 6.18 Å². The van der Waals surface area contributed by atoms with Crippen molar-refractivity contribution in [3.05, 3.63) is 59.7 Å². The van der Waals surface area contributed by atoms with Gasteiger partial charge in [-0.25, -0.2) is 4.79 Å². The van der Waals surface area contributed by atoms with Gasteiger partial charge in [-0.05, 0) is 42.7 Å². The van der Waals surface area contributed by atoms with Crippen molar-refractivity contribution in [3.8, 4) is 5.75 Å². The standard InChI is InChI=1S/C21H23F3N2O2/c1-28-17-11-9-15(10-12-17)16-6-4-5-13-26(14-16)20(27)25-19-8-3-2-7-18(19)21(22,23)24/h2-3,7-12,16H,4-6,13-14H2,1H3,(H,25,27)/t16-/m1/s1. The second-order valence-electron chi connectivity index (χ2n) is 6.89. The average Bonchev–Trinajstić information content (AvgIpc) is 2.94. The van der Waals surface area contributed by atoms with Gasteiger partial charge in [0.05, 0.1) is 18.4 Å². The molecule has 3 rings (SSSR count). The van der Waals surface area contributed by atoms with Crippen LogP contribution in [0.2, 0.25) is 0 Å². The van der Waals surface area contributed by atoms with Gasteiger partial charge >= 0.3 is 12.2 Å². The van der Waals surface area contributed by atoms with Gasteiger partial charge in [0.25, 0.3) is 0 Å². The highest BCUT2D eigenvalue weighted by Crippen LogP contribution is 2.35. The van der Waals surface area contributed by atoms with E-state index in [2.05, 4.69) is 5.32 Å². The Morgan fingerprint density at radius 1 is 1.11 bits per heavy atom. The fourth-order valence-electron chi connectivity index (χ4n) is 3.51. The molecule has 2 aromatic rings. The lowest BCUT2D eigenvalue weighted by molar-refractivity contribution is -0.136. The van der Waals surface area contributed by atoms with E-state index in [1.807, 2.05) is 24.3 Å². The molecule has 1 aliphatic heterocycles. The van der Waals surface area contributed by atoms with Crippen LogP contribution in [0.5, 0.6) is 5.75 Å². The van der Waals surface area contributed by atoms with Crippen molar-refractivity contribution in [2.45, 2.75) is 31.4 Å². The molecule has 2 amide bonds. The largest absolute Gasteiger partial charge is 0.497 e. The first-order valence-corrected chi connectivity index (χ1v) is 9.24. The summed E-state index contributed by atoms with van der Waals surface area (Å²) in [5, 5.41) is 2.45. The smallest absolute Gasteiger partial charge is 0.418 e. The fourth-order valence-corrected chi connectivity index (χ4v) is 3.51. The van der Waals surface area contributed by atoms with Crippen LogP contribution in [0.1, 0.15) is 36.3 Å². The van der Waals surface area contributed by atoms with Crippen LogP contribution in [0.4, 0.5) is 23.7 Å². The number of nitrogens with zero attached hydrogens (tertiary/aromatic N) is 1. The molecule has 1 heterocycles. The van der Waals surface area contributed by atoms with Crippen molar-refractivity contribution in [3.63, 3.8) is 0 Å². The van der Waals surface area contributed by atoms with E-state index in [1.165, 1.54) is 18.2 Å². The number of rotatable bonds is 3. The Kier molecular flexibility index (Phi) is 6.11. The third-order valence-corrected chi connectivity index (χ3v) is 5.02. The Hall–Kier alpha value is -2.70. The van der Waals surface area contributed by atoms with Crippen molar-refractivity contribution in [1.82, 2.24) is 4.90 Å². The molecule has 0 bridgehead atoms. The van der Waals surface area contributed by atoms with Gasteiger partial charge < -0.3 is 15.0 Å². The summed E-state index contributed by atoms with van der Waals surface area (Å²) in [7, 11) is 1.60. The van der Waals surface area contributed by atoms with Gasteiger partial charge in [-0.15, -0.1) is 0 Å². The molecule has 2 aromatic carbocycles. The quantitative estimate of drug-likeness (QED) is 0.748. The highest BCUT2D eigenvalue weighted by atomic mass is 19.4. The van der Waals surface area contributed by atoms with Crippen LogP contribution in [-0.4, -0.2) is 31.1 Å². The Morgan fingerprint density at radius 3 is 2.50 bits per heavy atom. The first kappa shape index (κ1) is 20.0. The number of hydrogen-bond donors (Lipinski definition) is 1. The monoisotopic (exact) mass is 392 g/mol. The highest BCUT2D eigenvalue weighted by Gasteiger charge is 2.34. The normalized spacial score (nSPS) is 17.7. The molecule has 0 saturated carbocycles. The van der Waals surface area contributed by atoms with Gasteiger partial charge in [0.2, 0.25) is 0 Å². The minimum absolute atomic E-state index is 0.136. The van der Waals surface area contributed by atoms with Crippen LogP contribution < -0.4 is 10.1 Å². The number of anilines is 1. The van der Waals surface area contributed by atoms with Crippen LogP contribution in [0.25, 0.3) is 0 Å². The molecule has 0 radical (unpaired) electrons. The molecule has 7 heteroatoms. The summed E-state index contributed by atoms with van der Waals surface area (Å²) in [6.45, 7) is 0.985. The van der Waals surface area contributed by atoms with E-state index in [0.717, 1.165) is 36.6 Å². The number of nitrogens with one attached hydrogen (secondary N) is 1. The number of amides is 2. The molecular weight excluding hydrogens is 369 g/mol. The van der Waals surface area contributed by atoms with E-state index in [1.54, 1.807) is 12.0 Å². The third-order valence-electron chi connectivity index (χ3n) is 5.02. The van der Waals surface area contributed by atoms with E-state index >= 15 is 0 Å². The number of carbonyl (C=O) groups excluding carboxylic acids is 1. The van der Waals surface area contributed by atoms with Crippen LogP contribution >= 0.6 is 0 Å². The number of hydrogen-bond acceptors (Lipinski definition) is 2. The molecule has 1 fully saturated rings. The number of para-hydroxylation sites is 1. The van der Waals surface area contributed by atoms with Crippen molar-refractivity contribution < 1.29 is 22.7 Å². The first-order chi connectivity index (χ1) is 13.4. The molecule has 1 N–H and O–H groups in total. The molecule has 0 aliphatic carbocycles. The Bertz CT molecular complexity index is 806. The zero-order valence-electron chi connectivity index (χ0n) is 15.6. The maximum absolute atomic E-state index is 13.2. The van der Waals surface area contributed by atoms with Gasteiger partial charge in [0, 0.05) is 19.0 Å². The van der Waals surface area contributed by atoms with Gasteiger partial charge in [-0.2, -0.15) is 13.2 Å². The minimum atomic E-state index is -4.52. The van der Waals surface area contributed by atoms with Crippen molar-refractivity contribution >= 4 is 11.7 Å².